The monoisotopic (exact) mass is 336 g/mol. The Labute approximate surface area is 136 Å². The predicted octanol–water partition coefficient (Wildman–Crippen LogP) is 3.08. The Hall–Kier alpha value is -2.05. The number of hydrogen-bond donors (Lipinski definition) is 1. The number of para-hydroxylation sites is 2. The third kappa shape index (κ3) is 3.23. The lowest BCUT2D eigenvalue weighted by molar-refractivity contribution is -0.130. The van der Waals surface area contributed by atoms with Crippen molar-refractivity contribution in [2.45, 2.75) is 13.0 Å². The largest absolute Gasteiger partial charge is 0.485 e. The van der Waals surface area contributed by atoms with Gasteiger partial charge in [-0.2, -0.15) is 5.10 Å². The molecule has 0 bridgehead atoms. The van der Waals surface area contributed by atoms with E-state index in [2.05, 4.69) is 10.5 Å². The Morgan fingerprint density at radius 3 is 2.82 bits per heavy atom. The van der Waals surface area contributed by atoms with Gasteiger partial charge in [0.25, 0.3) is 5.91 Å². The van der Waals surface area contributed by atoms with Gasteiger partial charge in [-0.1, -0.05) is 23.7 Å². The van der Waals surface area contributed by atoms with Crippen molar-refractivity contribution in [3.63, 3.8) is 0 Å². The molecular weight excluding hydrogens is 324 g/mol. The number of carbonyl (C=O) groups is 1. The van der Waals surface area contributed by atoms with Crippen LogP contribution in [0.5, 0.6) is 11.5 Å². The molecule has 3 rings (SSSR count). The van der Waals surface area contributed by atoms with Crippen LogP contribution >= 0.6 is 22.9 Å². The number of amides is 1. The first-order valence-electron chi connectivity index (χ1n) is 6.62. The third-order valence-corrected chi connectivity index (χ3v) is 4.40. The topological polar surface area (TPSA) is 59.9 Å². The summed E-state index contributed by atoms with van der Waals surface area (Å²) in [4.78, 5) is 13.0. The maximum absolute atomic E-state index is 12.1. The number of nitrogens with zero attached hydrogens (tertiary/aromatic N) is 1. The van der Waals surface area contributed by atoms with Gasteiger partial charge in [-0.3, -0.25) is 4.79 Å². The first-order chi connectivity index (χ1) is 10.6. The fourth-order valence-corrected chi connectivity index (χ4v) is 2.91. The number of nitrogens with one attached hydrogen (secondary N) is 1. The molecule has 0 saturated heterocycles. The van der Waals surface area contributed by atoms with Gasteiger partial charge in [0.05, 0.1) is 14.9 Å². The highest BCUT2D eigenvalue weighted by molar-refractivity contribution is 7.18. The average Bonchev–Trinajstić information content (AvgIpc) is 2.98. The second kappa shape index (κ2) is 6.37. The standard InChI is InChI=1S/C15H13ClN2O3S/c1-9(13-6-7-14(16)22-13)17-18-15(19)12-8-20-10-4-2-3-5-11(10)21-12/h2-7,12H,8H2,1H3,(H,18,19). The van der Waals surface area contributed by atoms with E-state index >= 15 is 0 Å². The van der Waals surface area contributed by atoms with Crippen molar-refractivity contribution in [1.29, 1.82) is 0 Å². The minimum atomic E-state index is -0.724. The summed E-state index contributed by atoms with van der Waals surface area (Å²) in [5.74, 6) is 0.843. The molecule has 114 valence electrons. The van der Waals surface area contributed by atoms with Crippen LogP contribution in [0.2, 0.25) is 4.34 Å². The van der Waals surface area contributed by atoms with Crippen molar-refractivity contribution in [1.82, 2.24) is 5.43 Å². The minimum absolute atomic E-state index is 0.155. The van der Waals surface area contributed by atoms with Crippen LogP contribution in [-0.4, -0.2) is 24.3 Å². The second-order valence-electron chi connectivity index (χ2n) is 4.64. The van der Waals surface area contributed by atoms with Gasteiger partial charge in [-0.25, -0.2) is 5.43 Å². The zero-order valence-corrected chi connectivity index (χ0v) is 13.3. The molecule has 5 nitrogen and oxygen atoms in total. The molecule has 0 fully saturated rings. The zero-order chi connectivity index (χ0) is 15.5. The molecule has 1 aromatic carbocycles. The summed E-state index contributed by atoms with van der Waals surface area (Å²) in [6.45, 7) is 1.96. The molecule has 7 heteroatoms. The highest BCUT2D eigenvalue weighted by Crippen LogP contribution is 2.30. The van der Waals surface area contributed by atoms with Crippen LogP contribution in [-0.2, 0) is 4.79 Å². The molecule has 0 saturated carbocycles. The van der Waals surface area contributed by atoms with E-state index in [0.29, 0.717) is 21.5 Å². The molecule has 1 atom stereocenters. The van der Waals surface area contributed by atoms with Crippen molar-refractivity contribution >= 4 is 34.6 Å². The number of fused-ring (bicyclic) bond motifs is 1. The van der Waals surface area contributed by atoms with Crippen molar-refractivity contribution < 1.29 is 14.3 Å². The molecule has 22 heavy (non-hydrogen) atoms. The molecule has 2 heterocycles. The highest BCUT2D eigenvalue weighted by atomic mass is 35.5. The Kier molecular flexibility index (Phi) is 4.31. The molecule has 2 aromatic rings. The lowest BCUT2D eigenvalue weighted by Crippen LogP contribution is -2.42. The highest BCUT2D eigenvalue weighted by Gasteiger charge is 2.27. The molecule has 1 unspecified atom stereocenters. The van der Waals surface area contributed by atoms with Gasteiger partial charge < -0.3 is 9.47 Å². The maximum atomic E-state index is 12.1. The molecular formula is C15H13ClN2O3S. The van der Waals surface area contributed by atoms with Crippen LogP contribution in [0.15, 0.2) is 41.5 Å². The SMILES string of the molecule is CC(=NNC(=O)C1COc2ccccc2O1)c1ccc(Cl)s1. The van der Waals surface area contributed by atoms with Gasteiger partial charge in [-0.05, 0) is 31.2 Å². The summed E-state index contributed by atoms with van der Waals surface area (Å²) in [6.07, 6.45) is -0.724. The lowest BCUT2D eigenvalue weighted by Gasteiger charge is -2.24. The second-order valence-corrected chi connectivity index (χ2v) is 6.36. The van der Waals surface area contributed by atoms with E-state index in [9.17, 15) is 4.79 Å². The Morgan fingerprint density at radius 1 is 1.32 bits per heavy atom. The fourth-order valence-electron chi connectivity index (χ4n) is 1.92. The first kappa shape index (κ1) is 14.9. The normalized spacial score (nSPS) is 17.2. The van der Waals surface area contributed by atoms with Gasteiger partial charge >= 0.3 is 0 Å². The zero-order valence-electron chi connectivity index (χ0n) is 11.7. The average molecular weight is 337 g/mol. The molecule has 1 amide bonds. The number of ether oxygens (including phenoxy) is 2. The van der Waals surface area contributed by atoms with E-state index in [1.54, 1.807) is 25.1 Å². The van der Waals surface area contributed by atoms with E-state index in [4.69, 9.17) is 21.1 Å². The third-order valence-electron chi connectivity index (χ3n) is 3.06. The van der Waals surface area contributed by atoms with Gasteiger partial charge in [-0.15, -0.1) is 11.3 Å². The van der Waals surface area contributed by atoms with Crippen LogP contribution in [0.25, 0.3) is 0 Å². The van der Waals surface area contributed by atoms with Crippen LogP contribution in [0.4, 0.5) is 0 Å². The number of carbonyl (C=O) groups excluding carboxylic acids is 1. The molecule has 0 aliphatic carbocycles. The van der Waals surface area contributed by atoms with Crippen LogP contribution < -0.4 is 14.9 Å². The van der Waals surface area contributed by atoms with E-state index in [1.807, 2.05) is 18.2 Å². The van der Waals surface area contributed by atoms with Gasteiger partial charge in [0.2, 0.25) is 6.10 Å². The minimum Gasteiger partial charge on any atom is -0.485 e. The molecule has 1 aromatic heterocycles. The number of hydrazone groups is 1. The number of rotatable bonds is 3. The Morgan fingerprint density at radius 2 is 2.09 bits per heavy atom. The Bertz CT molecular complexity index is 729. The van der Waals surface area contributed by atoms with Crippen LogP contribution in [0.1, 0.15) is 11.8 Å². The number of benzene rings is 1. The van der Waals surface area contributed by atoms with E-state index in [1.165, 1.54) is 11.3 Å². The molecule has 1 aliphatic rings. The summed E-state index contributed by atoms with van der Waals surface area (Å²) in [5.41, 5.74) is 3.18. The summed E-state index contributed by atoms with van der Waals surface area (Å²) in [7, 11) is 0. The van der Waals surface area contributed by atoms with E-state index in [-0.39, 0.29) is 12.5 Å². The van der Waals surface area contributed by atoms with Crippen molar-refractivity contribution in [2.24, 2.45) is 5.10 Å². The summed E-state index contributed by atoms with van der Waals surface area (Å²) in [6, 6.07) is 10.9. The summed E-state index contributed by atoms with van der Waals surface area (Å²) >= 11 is 7.28. The smallest absolute Gasteiger partial charge is 0.284 e. The van der Waals surface area contributed by atoms with Gasteiger partial charge in [0.15, 0.2) is 11.5 Å². The number of thiophene rings is 1. The van der Waals surface area contributed by atoms with Gasteiger partial charge in [0.1, 0.15) is 6.61 Å². The first-order valence-corrected chi connectivity index (χ1v) is 7.81. The summed E-state index contributed by atoms with van der Waals surface area (Å²) in [5, 5.41) is 4.07. The molecule has 0 spiro atoms. The van der Waals surface area contributed by atoms with Crippen molar-refractivity contribution in [2.75, 3.05) is 6.61 Å². The summed E-state index contributed by atoms with van der Waals surface area (Å²) < 4.78 is 11.8. The number of halogens is 1. The number of hydrogen-bond acceptors (Lipinski definition) is 5. The molecule has 0 radical (unpaired) electrons. The lowest BCUT2D eigenvalue weighted by atomic mass is 10.2. The van der Waals surface area contributed by atoms with Crippen molar-refractivity contribution in [3.8, 4) is 11.5 Å². The van der Waals surface area contributed by atoms with E-state index in [0.717, 1.165) is 4.88 Å². The van der Waals surface area contributed by atoms with Gasteiger partial charge in [0, 0.05) is 0 Å². The quantitative estimate of drug-likeness (QED) is 0.692. The Balaban J connectivity index is 1.63. The molecule has 1 aliphatic heterocycles. The predicted molar refractivity (Wildman–Crippen MR) is 86.0 cm³/mol. The fraction of sp³-hybridized carbons (Fsp3) is 0.200. The molecule has 1 N–H and O–H groups in total. The van der Waals surface area contributed by atoms with E-state index < -0.39 is 6.10 Å². The van der Waals surface area contributed by atoms with Crippen molar-refractivity contribution in [3.05, 3.63) is 45.6 Å². The van der Waals surface area contributed by atoms with Crippen LogP contribution in [0, 0.1) is 0 Å². The van der Waals surface area contributed by atoms with Crippen LogP contribution in [0.3, 0.4) is 0 Å². The maximum Gasteiger partial charge on any atom is 0.284 e.